The molecule has 0 aliphatic carbocycles. The zero-order valence-corrected chi connectivity index (χ0v) is 10.1. The van der Waals surface area contributed by atoms with Crippen LogP contribution in [-0.4, -0.2) is 27.8 Å². The standard InChI is InChI=1S/C11H20N4O/c1-9(2)11(3,8-12)14-10(16)7-15-6-4-5-13-15/h4-6,9H,7-8,12H2,1-3H3,(H,14,16). The van der Waals surface area contributed by atoms with Gasteiger partial charge in [-0.1, -0.05) is 13.8 Å². The summed E-state index contributed by atoms with van der Waals surface area (Å²) in [6.45, 7) is 6.70. The van der Waals surface area contributed by atoms with Gasteiger partial charge in [-0.05, 0) is 18.9 Å². The molecule has 0 spiro atoms. The Bertz CT molecular complexity index is 334. The van der Waals surface area contributed by atoms with Gasteiger partial charge in [0.2, 0.25) is 5.91 Å². The van der Waals surface area contributed by atoms with Crippen molar-refractivity contribution in [2.24, 2.45) is 11.7 Å². The number of nitrogens with two attached hydrogens (primary N) is 1. The van der Waals surface area contributed by atoms with Crippen LogP contribution in [0, 0.1) is 5.92 Å². The number of amides is 1. The first-order valence-electron chi connectivity index (χ1n) is 5.46. The van der Waals surface area contributed by atoms with Crippen LogP contribution in [0.2, 0.25) is 0 Å². The van der Waals surface area contributed by atoms with E-state index in [2.05, 4.69) is 10.4 Å². The topological polar surface area (TPSA) is 72.9 Å². The van der Waals surface area contributed by atoms with Crippen LogP contribution < -0.4 is 11.1 Å². The van der Waals surface area contributed by atoms with Gasteiger partial charge in [-0.25, -0.2) is 0 Å². The van der Waals surface area contributed by atoms with Gasteiger partial charge in [0.05, 0.1) is 5.54 Å². The summed E-state index contributed by atoms with van der Waals surface area (Å²) in [7, 11) is 0. The number of hydrogen-bond donors (Lipinski definition) is 2. The molecule has 1 aromatic heterocycles. The molecular formula is C11H20N4O. The summed E-state index contributed by atoms with van der Waals surface area (Å²) in [4.78, 5) is 11.8. The molecule has 16 heavy (non-hydrogen) atoms. The second kappa shape index (κ2) is 5.12. The van der Waals surface area contributed by atoms with Gasteiger partial charge >= 0.3 is 0 Å². The molecule has 0 aliphatic heterocycles. The average molecular weight is 224 g/mol. The first-order valence-corrected chi connectivity index (χ1v) is 5.46. The Morgan fingerprint density at radius 3 is 2.75 bits per heavy atom. The summed E-state index contributed by atoms with van der Waals surface area (Å²) >= 11 is 0. The highest BCUT2D eigenvalue weighted by atomic mass is 16.2. The van der Waals surface area contributed by atoms with Crippen molar-refractivity contribution in [3.63, 3.8) is 0 Å². The molecule has 0 aliphatic rings. The number of nitrogens with zero attached hydrogens (tertiary/aromatic N) is 2. The molecule has 5 heteroatoms. The molecule has 90 valence electrons. The molecule has 0 fully saturated rings. The molecule has 0 bridgehead atoms. The minimum absolute atomic E-state index is 0.0645. The van der Waals surface area contributed by atoms with E-state index in [0.29, 0.717) is 12.5 Å². The quantitative estimate of drug-likeness (QED) is 0.759. The lowest BCUT2D eigenvalue weighted by atomic mass is 9.88. The highest BCUT2D eigenvalue weighted by molar-refractivity contribution is 5.76. The maximum atomic E-state index is 11.8. The second-order valence-corrected chi connectivity index (χ2v) is 4.53. The Morgan fingerprint density at radius 1 is 1.62 bits per heavy atom. The van der Waals surface area contributed by atoms with Gasteiger partial charge < -0.3 is 11.1 Å². The third kappa shape index (κ3) is 3.06. The van der Waals surface area contributed by atoms with Crippen molar-refractivity contribution in [2.75, 3.05) is 6.54 Å². The number of rotatable bonds is 5. The van der Waals surface area contributed by atoms with E-state index in [1.807, 2.05) is 20.8 Å². The van der Waals surface area contributed by atoms with Crippen molar-refractivity contribution in [3.8, 4) is 0 Å². The van der Waals surface area contributed by atoms with Gasteiger partial charge in [0.15, 0.2) is 0 Å². The maximum absolute atomic E-state index is 11.8. The lowest BCUT2D eigenvalue weighted by Gasteiger charge is -2.33. The Labute approximate surface area is 96.0 Å². The fraction of sp³-hybridized carbons (Fsp3) is 0.636. The number of nitrogens with one attached hydrogen (secondary N) is 1. The van der Waals surface area contributed by atoms with Crippen LogP contribution in [0.5, 0.6) is 0 Å². The van der Waals surface area contributed by atoms with Crippen molar-refractivity contribution in [1.82, 2.24) is 15.1 Å². The predicted octanol–water partition coefficient (Wildman–Crippen LogP) is 0.373. The van der Waals surface area contributed by atoms with Crippen molar-refractivity contribution < 1.29 is 4.79 Å². The third-order valence-corrected chi connectivity index (χ3v) is 2.99. The summed E-state index contributed by atoms with van der Waals surface area (Å²) in [5.74, 6) is 0.226. The van der Waals surface area contributed by atoms with Crippen LogP contribution in [0.4, 0.5) is 0 Å². The van der Waals surface area contributed by atoms with Gasteiger partial charge in [-0.3, -0.25) is 9.48 Å². The van der Waals surface area contributed by atoms with E-state index in [0.717, 1.165) is 0 Å². The Hall–Kier alpha value is -1.36. The normalized spacial score (nSPS) is 14.8. The van der Waals surface area contributed by atoms with Crippen LogP contribution in [0.15, 0.2) is 18.5 Å². The molecule has 1 unspecified atom stereocenters. The van der Waals surface area contributed by atoms with E-state index in [9.17, 15) is 4.79 Å². The lowest BCUT2D eigenvalue weighted by Crippen LogP contribution is -2.55. The predicted molar refractivity (Wildman–Crippen MR) is 62.7 cm³/mol. The van der Waals surface area contributed by atoms with Gasteiger partial charge in [-0.2, -0.15) is 5.10 Å². The zero-order chi connectivity index (χ0) is 12.2. The maximum Gasteiger partial charge on any atom is 0.242 e. The molecule has 1 rings (SSSR count). The lowest BCUT2D eigenvalue weighted by molar-refractivity contribution is -0.124. The SMILES string of the molecule is CC(C)C(C)(CN)NC(=O)Cn1cccn1. The molecule has 3 N–H and O–H groups in total. The third-order valence-electron chi connectivity index (χ3n) is 2.99. The number of carbonyl (C=O) groups is 1. The van der Waals surface area contributed by atoms with E-state index in [1.165, 1.54) is 0 Å². The molecule has 0 aromatic carbocycles. The van der Waals surface area contributed by atoms with E-state index in [-0.39, 0.29) is 18.0 Å². The zero-order valence-electron chi connectivity index (χ0n) is 10.1. The molecule has 1 amide bonds. The van der Waals surface area contributed by atoms with Crippen LogP contribution in [0.25, 0.3) is 0 Å². The molecule has 1 heterocycles. The number of hydrogen-bond acceptors (Lipinski definition) is 3. The second-order valence-electron chi connectivity index (χ2n) is 4.53. The van der Waals surface area contributed by atoms with E-state index in [4.69, 9.17) is 5.73 Å². The molecule has 1 aromatic rings. The summed E-state index contributed by atoms with van der Waals surface area (Å²) < 4.78 is 1.59. The minimum atomic E-state index is -0.357. The van der Waals surface area contributed by atoms with E-state index in [1.54, 1.807) is 23.1 Å². The fourth-order valence-electron chi connectivity index (χ4n) is 1.33. The summed E-state index contributed by atoms with van der Waals surface area (Å²) in [5.41, 5.74) is 5.34. The summed E-state index contributed by atoms with van der Waals surface area (Å²) in [6.07, 6.45) is 3.41. The summed E-state index contributed by atoms with van der Waals surface area (Å²) in [5, 5.41) is 6.94. The smallest absolute Gasteiger partial charge is 0.242 e. The molecule has 0 saturated carbocycles. The molecular weight excluding hydrogens is 204 g/mol. The molecule has 0 radical (unpaired) electrons. The molecule has 0 saturated heterocycles. The van der Waals surface area contributed by atoms with Crippen LogP contribution in [-0.2, 0) is 11.3 Å². The number of aromatic nitrogens is 2. The molecule has 1 atom stereocenters. The highest BCUT2D eigenvalue weighted by Crippen LogP contribution is 2.14. The van der Waals surface area contributed by atoms with Crippen molar-refractivity contribution in [2.45, 2.75) is 32.9 Å². The van der Waals surface area contributed by atoms with Gasteiger partial charge in [0.1, 0.15) is 6.54 Å². The highest BCUT2D eigenvalue weighted by Gasteiger charge is 2.28. The number of carbonyl (C=O) groups excluding carboxylic acids is 1. The first-order chi connectivity index (χ1) is 7.48. The van der Waals surface area contributed by atoms with Gasteiger partial charge in [0.25, 0.3) is 0 Å². The fourth-order valence-corrected chi connectivity index (χ4v) is 1.33. The van der Waals surface area contributed by atoms with Crippen molar-refractivity contribution in [1.29, 1.82) is 0 Å². The van der Waals surface area contributed by atoms with Crippen LogP contribution >= 0.6 is 0 Å². The largest absolute Gasteiger partial charge is 0.348 e. The van der Waals surface area contributed by atoms with Crippen molar-refractivity contribution in [3.05, 3.63) is 18.5 Å². The van der Waals surface area contributed by atoms with Gasteiger partial charge in [0, 0.05) is 18.9 Å². The average Bonchev–Trinajstić information content (AvgIpc) is 2.69. The first kappa shape index (κ1) is 12.7. The molecule has 5 nitrogen and oxygen atoms in total. The monoisotopic (exact) mass is 224 g/mol. The van der Waals surface area contributed by atoms with Crippen LogP contribution in [0.3, 0.4) is 0 Å². The van der Waals surface area contributed by atoms with E-state index >= 15 is 0 Å². The van der Waals surface area contributed by atoms with Gasteiger partial charge in [-0.15, -0.1) is 0 Å². The minimum Gasteiger partial charge on any atom is -0.348 e. The van der Waals surface area contributed by atoms with Crippen molar-refractivity contribution >= 4 is 5.91 Å². The Kier molecular flexibility index (Phi) is 4.06. The summed E-state index contributed by atoms with van der Waals surface area (Å²) in [6, 6.07) is 1.79. The Morgan fingerprint density at radius 2 is 2.31 bits per heavy atom. The van der Waals surface area contributed by atoms with Crippen LogP contribution in [0.1, 0.15) is 20.8 Å². The van der Waals surface area contributed by atoms with E-state index < -0.39 is 0 Å². The Balaban J connectivity index is 2.56.